The number of ether oxygens (including phenoxy) is 2. The van der Waals surface area contributed by atoms with Crippen LogP contribution >= 0.6 is 0 Å². The Bertz CT molecular complexity index is 717. The molecule has 0 aliphatic carbocycles. The van der Waals surface area contributed by atoms with E-state index in [0.717, 1.165) is 5.39 Å². The second kappa shape index (κ2) is 6.09. The number of aliphatic carboxylic acids is 1. The van der Waals surface area contributed by atoms with Crippen LogP contribution in [0, 0.1) is 0 Å². The largest absolute Gasteiger partial charge is 0.479 e. The van der Waals surface area contributed by atoms with Crippen molar-refractivity contribution in [2.75, 3.05) is 0 Å². The third-order valence-corrected chi connectivity index (χ3v) is 3.65. The minimum Gasteiger partial charge on any atom is -0.479 e. The lowest BCUT2D eigenvalue weighted by molar-refractivity contribution is -0.270. The minimum atomic E-state index is -1.76. The number of rotatable bonds is 3. The summed E-state index contributed by atoms with van der Waals surface area (Å²) in [5.41, 5.74) is 0.498. The minimum absolute atomic E-state index is 0.264. The van der Waals surface area contributed by atoms with E-state index in [1.165, 1.54) is 0 Å². The molecule has 1 aliphatic rings. The molecule has 0 saturated carbocycles. The van der Waals surface area contributed by atoms with E-state index < -0.39 is 36.7 Å². The van der Waals surface area contributed by atoms with Crippen LogP contribution in [-0.4, -0.2) is 62.1 Å². The molecule has 23 heavy (non-hydrogen) atoms. The van der Waals surface area contributed by atoms with Gasteiger partial charge in [0, 0.05) is 11.6 Å². The van der Waals surface area contributed by atoms with Crippen LogP contribution in [0.25, 0.3) is 10.9 Å². The standard InChI is InChI=1S/C15H15NO7/c17-10-11(18)13(14(20)21)23-15(12(10)19)22-8-5-1-3-7-4-2-6-16-9(7)8/h1-6,10-13,15,17-19H,(H,20,21)/t10-,11-,12+,13?,15+/m0/s1. The SMILES string of the molecule is O=C(O)C1O[C@@H](Oc2cccc3cccnc23)[C@H](O)[C@@H](O)[C@@H]1O. The first-order valence-corrected chi connectivity index (χ1v) is 6.92. The molecule has 1 fully saturated rings. The highest BCUT2D eigenvalue weighted by molar-refractivity contribution is 5.84. The van der Waals surface area contributed by atoms with Crippen LogP contribution in [0.2, 0.25) is 0 Å². The van der Waals surface area contributed by atoms with Gasteiger partial charge in [0.25, 0.3) is 0 Å². The first-order chi connectivity index (χ1) is 11.0. The van der Waals surface area contributed by atoms with Gasteiger partial charge < -0.3 is 29.9 Å². The zero-order valence-corrected chi connectivity index (χ0v) is 11.8. The summed E-state index contributed by atoms with van der Waals surface area (Å²) < 4.78 is 10.6. The highest BCUT2D eigenvalue weighted by atomic mass is 16.7. The summed E-state index contributed by atoms with van der Waals surface area (Å²) in [6.45, 7) is 0. The molecule has 3 rings (SSSR count). The van der Waals surface area contributed by atoms with Gasteiger partial charge in [0.1, 0.15) is 29.6 Å². The molecule has 0 bridgehead atoms. The van der Waals surface area contributed by atoms with Crippen molar-refractivity contribution in [1.29, 1.82) is 0 Å². The van der Waals surface area contributed by atoms with Crippen molar-refractivity contribution in [2.45, 2.75) is 30.7 Å². The van der Waals surface area contributed by atoms with E-state index >= 15 is 0 Å². The fourth-order valence-electron chi connectivity index (χ4n) is 2.45. The Morgan fingerprint density at radius 2 is 1.83 bits per heavy atom. The summed E-state index contributed by atoms with van der Waals surface area (Å²) >= 11 is 0. The number of aliphatic hydroxyl groups excluding tert-OH is 3. The van der Waals surface area contributed by atoms with Gasteiger partial charge in [-0.15, -0.1) is 0 Å². The second-order valence-corrected chi connectivity index (χ2v) is 5.18. The average molecular weight is 321 g/mol. The van der Waals surface area contributed by atoms with Crippen molar-refractivity contribution in [3.63, 3.8) is 0 Å². The number of hydrogen-bond donors (Lipinski definition) is 4. The van der Waals surface area contributed by atoms with E-state index in [2.05, 4.69) is 4.98 Å². The molecule has 5 atom stereocenters. The lowest BCUT2D eigenvalue weighted by Crippen LogP contribution is -2.61. The van der Waals surface area contributed by atoms with Gasteiger partial charge in [-0.1, -0.05) is 18.2 Å². The molecule has 4 N–H and O–H groups in total. The topological polar surface area (TPSA) is 129 Å². The van der Waals surface area contributed by atoms with Crippen LogP contribution in [-0.2, 0) is 9.53 Å². The van der Waals surface area contributed by atoms with Crippen molar-refractivity contribution >= 4 is 16.9 Å². The Morgan fingerprint density at radius 1 is 1.09 bits per heavy atom. The van der Waals surface area contributed by atoms with Gasteiger partial charge in [-0.2, -0.15) is 0 Å². The molecular formula is C15H15NO7. The van der Waals surface area contributed by atoms with Crippen molar-refractivity contribution in [3.8, 4) is 5.75 Å². The number of aliphatic hydroxyl groups is 3. The van der Waals surface area contributed by atoms with Crippen LogP contribution in [0.1, 0.15) is 0 Å². The summed E-state index contributed by atoms with van der Waals surface area (Å²) in [6, 6.07) is 8.66. The number of nitrogens with zero attached hydrogens (tertiary/aromatic N) is 1. The highest BCUT2D eigenvalue weighted by Gasteiger charge is 2.48. The Hall–Kier alpha value is -2.26. The van der Waals surface area contributed by atoms with Crippen LogP contribution in [0.4, 0.5) is 0 Å². The summed E-state index contributed by atoms with van der Waals surface area (Å²) in [5, 5.41) is 39.2. The summed E-state index contributed by atoms with van der Waals surface area (Å²) in [7, 11) is 0. The molecular weight excluding hydrogens is 306 g/mol. The summed E-state index contributed by atoms with van der Waals surface area (Å²) in [6.07, 6.45) is -6.68. The number of pyridine rings is 1. The molecule has 8 heteroatoms. The van der Waals surface area contributed by atoms with Gasteiger partial charge >= 0.3 is 5.97 Å². The molecule has 1 aliphatic heterocycles. The van der Waals surface area contributed by atoms with Gasteiger partial charge in [0.15, 0.2) is 6.10 Å². The Balaban J connectivity index is 1.90. The maximum absolute atomic E-state index is 11.1. The number of fused-ring (bicyclic) bond motifs is 1. The molecule has 0 amide bonds. The highest BCUT2D eigenvalue weighted by Crippen LogP contribution is 2.28. The van der Waals surface area contributed by atoms with E-state index in [1.54, 1.807) is 24.4 Å². The third kappa shape index (κ3) is 2.84. The summed E-state index contributed by atoms with van der Waals surface area (Å²) in [5.74, 6) is -1.20. The van der Waals surface area contributed by atoms with Crippen molar-refractivity contribution in [1.82, 2.24) is 4.98 Å². The first kappa shape index (κ1) is 15.6. The Labute approximate surface area is 130 Å². The predicted molar refractivity (Wildman–Crippen MR) is 76.7 cm³/mol. The van der Waals surface area contributed by atoms with Gasteiger partial charge in [-0.3, -0.25) is 4.98 Å². The molecule has 122 valence electrons. The van der Waals surface area contributed by atoms with Crippen LogP contribution in [0.15, 0.2) is 36.5 Å². The lowest BCUT2D eigenvalue weighted by Gasteiger charge is -2.38. The quantitative estimate of drug-likeness (QED) is 0.596. The number of hydrogen-bond acceptors (Lipinski definition) is 7. The average Bonchev–Trinajstić information content (AvgIpc) is 2.55. The van der Waals surface area contributed by atoms with Crippen molar-refractivity contribution in [2.24, 2.45) is 0 Å². The number of carboxylic acids is 1. The van der Waals surface area contributed by atoms with E-state index in [4.69, 9.17) is 14.6 Å². The molecule has 8 nitrogen and oxygen atoms in total. The molecule has 2 aromatic rings. The molecule has 1 aromatic carbocycles. The predicted octanol–water partition coefficient (Wildman–Crippen LogP) is -0.494. The number of benzene rings is 1. The third-order valence-electron chi connectivity index (χ3n) is 3.65. The van der Waals surface area contributed by atoms with Crippen LogP contribution < -0.4 is 4.74 Å². The number of carbonyl (C=O) groups is 1. The molecule has 1 aromatic heterocycles. The lowest BCUT2D eigenvalue weighted by atomic mass is 9.99. The van der Waals surface area contributed by atoms with Gasteiger partial charge in [-0.05, 0) is 12.1 Å². The van der Waals surface area contributed by atoms with Gasteiger partial charge in [0.2, 0.25) is 6.29 Å². The molecule has 1 unspecified atom stereocenters. The molecule has 2 heterocycles. The number of aromatic nitrogens is 1. The monoisotopic (exact) mass is 321 g/mol. The molecule has 1 saturated heterocycles. The van der Waals surface area contributed by atoms with E-state index in [1.807, 2.05) is 12.1 Å². The fraction of sp³-hybridized carbons (Fsp3) is 0.333. The van der Waals surface area contributed by atoms with E-state index in [-0.39, 0.29) is 5.75 Å². The van der Waals surface area contributed by atoms with Crippen LogP contribution in [0.3, 0.4) is 0 Å². The molecule has 0 spiro atoms. The number of para-hydroxylation sites is 1. The number of carboxylic acid groups (broad SMARTS) is 1. The fourth-order valence-corrected chi connectivity index (χ4v) is 2.45. The van der Waals surface area contributed by atoms with Crippen molar-refractivity contribution < 1.29 is 34.7 Å². The zero-order chi connectivity index (χ0) is 16.6. The Kier molecular flexibility index (Phi) is 4.14. The zero-order valence-electron chi connectivity index (χ0n) is 11.8. The van der Waals surface area contributed by atoms with Gasteiger partial charge in [-0.25, -0.2) is 4.79 Å². The first-order valence-electron chi connectivity index (χ1n) is 6.92. The maximum Gasteiger partial charge on any atom is 0.335 e. The van der Waals surface area contributed by atoms with Gasteiger partial charge in [0.05, 0.1) is 0 Å². The maximum atomic E-state index is 11.1. The normalized spacial score (nSPS) is 31.0. The summed E-state index contributed by atoms with van der Waals surface area (Å²) in [4.78, 5) is 15.3. The van der Waals surface area contributed by atoms with E-state index in [0.29, 0.717) is 5.52 Å². The van der Waals surface area contributed by atoms with Crippen LogP contribution in [0.5, 0.6) is 5.75 Å². The smallest absolute Gasteiger partial charge is 0.335 e. The molecule has 0 radical (unpaired) electrons. The Morgan fingerprint density at radius 3 is 2.57 bits per heavy atom. The second-order valence-electron chi connectivity index (χ2n) is 5.18. The van der Waals surface area contributed by atoms with E-state index in [9.17, 15) is 20.1 Å². The van der Waals surface area contributed by atoms with Crippen molar-refractivity contribution in [3.05, 3.63) is 36.5 Å².